The summed E-state index contributed by atoms with van der Waals surface area (Å²) in [5.41, 5.74) is -2.21. The number of hydrogen-bond donors (Lipinski definition) is 0. The first-order valence-electron chi connectivity index (χ1n) is 26.7. The minimum absolute atomic E-state index is 0.176. The van der Waals surface area contributed by atoms with Gasteiger partial charge in [-0.2, -0.15) is 0 Å². The summed E-state index contributed by atoms with van der Waals surface area (Å²) in [5.74, 6) is 0. The molecule has 0 fully saturated rings. The Morgan fingerprint density at radius 3 is 1.39 bits per heavy atom. The summed E-state index contributed by atoms with van der Waals surface area (Å²) in [4.78, 5) is 0. The lowest BCUT2D eigenvalue weighted by atomic mass is 10.1. The van der Waals surface area contributed by atoms with Gasteiger partial charge in [0.15, 0.2) is 0 Å². The first kappa shape index (κ1) is 14.2. The molecule has 11 rings (SSSR count). The molecule has 0 saturated carbocycles. The third-order valence-corrected chi connectivity index (χ3v) is 8.98. The monoisotopic (exact) mass is 671 g/mol. The fraction of sp³-hybridized carbons (Fsp3) is 0. The zero-order valence-corrected chi connectivity index (χ0v) is 26.0. The smallest absolute Gasteiger partial charge is 0.0667 e. The molecule has 11 aromatic rings. The maximum atomic E-state index is 10.1. The van der Waals surface area contributed by atoms with E-state index in [0.29, 0.717) is 5.56 Å². The highest BCUT2D eigenvalue weighted by Gasteiger charge is 2.18. The molecule has 0 aliphatic rings. The fourth-order valence-electron chi connectivity index (χ4n) is 6.81. The minimum atomic E-state index is -0.895. The second-order valence-electron chi connectivity index (χ2n) is 11.7. The van der Waals surface area contributed by atoms with Crippen LogP contribution in [0, 0.1) is 0 Å². The summed E-state index contributed by atoms with van der Waals surface area (Å²) in [6.45, 7) is 0. The minimum Gasteiger partial charge on any atom is -0.309 e. The van der Waals surface area contributed by atoms with Gasteiger partial charge in [-0.15, -0.1) is 0 Å². The van der Waals surface area contributed by atoms with Crippen LogP contribution in [0.15, 0.2) is 188 Å². The highest BCUT2D eigenvalue weighted by Crippen LogP contribution is 2.39. The summed E-state index contributed by atoms with van der Waals surface area (Å²) in [7, 11) is 0. The molecule has 0 aliphatic heterocycles. The number of aromatic nitrogens is 3. The van der Waals surface area contributed by atoms with E-state index in [1.54, 1.807) is 24.3 Å². The Morgan fingerprint density at radius 2 is 0.765 bits per heavy atom. The van der Waals surface area contributed by atoms with Gasteiger partial charge in [0, 0.05) is 49.4 Å². The van der Waals surface area contributed by atoms with E-state index >= 15 is 0 Å². The molecule has 0 spiro atoms. The molecular formula is C48H31N3. The van der Waals surface area contributed by atoms with Crippen molar-refractivity contribution in [2.45, 2.75) is 0 Å². The third kappa shape index (κ3) is 4.12. The Kier molecular flexibility index (Phi) is 3.01. The molecule has 3 aromatic heterocycles. The molecule has 3 heteroatoms. The lowest BCUT2D eigenvalue weighted by Crippen LogP contribution is -1.97. The van der Waals surface area contributed by atoms with Gasteiger partial charge in [0.1, 0.15) is 0 Å². The normalized spacial score (nSPS) is 18.0. The van der Waals surface area contributed by atoms with Crippen molar-refractivity contribution in [1.82, 2.24) is 13.7 Å². The third-order valence-electron chi connectivity index (χ3n) is 8.98. The SMILES string of the molecule is [2H]c1c([2H])c([2H])c2c(c1[2H])c1c([2H])c(-n3c4c([2H])c([2H])c([2H])c([2H])c4c4c([2H])c([2H])c(-n5c6c([2H])c([2H])c([2H])c([2H])c6c6c([2H])c([2H])c([2H])c([2H])c65)c([2H])c43)c([2H])c([2H])c1n2-c1cccc(-c2ccccc2)c1. The maximum absolute atomic E-state index is 10.1. The second-order valence-corrected chi connectivity index (χ2v) is 11.7. The second kappa shape index (κ2) is 10.8. The van der Waals surface area contributed by atoms with E-state index in [4.69, 9.17) is 16.4 Å². The summed E-state index contributed by atoms with van der Waals surface area (Å²) >= 11 is 0. The molecule has 51 heavy (non-hydrogen) atoms. The van der Waals surface area contributed by atoms with E-state index in [1.165, 1.54) is 4.57 Å². The van der Waals surface area contributed by atoms with Crippen LogP contribution < -0.4 is 0 Å². The quantitative estimate of drug-likeness (QED) is 0.177. The number of fused-ring (bicyclic) bond motifs is 9. The highest BCUT2D eigenvalue weighted by atomic mass is 15.0. The molecule has 0 atom stereocenters. The van der Waals surface area contributed by atoms with Gasteiger partial charge in [-0.3, -0.25) is 0 Å². The van der Waals surface area contributed by atoms with Gasteiger partial charge < -0.3 is 13.7 Å². The van der Waals surface area contributed by atoms with E-state index in [2.05, 4.69) is 0 Å². The average Bonchev–Trinajstić information content (AvgIpc) is 4.05. The van der Waals surface area contributed by atoms with Gasteiger partial charge in [0.2, 0.25) is 0 Å². The first-order chi connectivity index (χ1) is 34.5. The molecule has 3 nitrogen and oxygen atoms in total. The lowest BCUT2D eigenvalue weighted by Gasteiger charge is -2.12. The van der Waals surface area contributed by atoms with Crippen LogP contribution in [-0.4, -0.2) is 13.7 Å². The van der Waals surface area contributed by atoms with Crippen molar-refractivity contribution in [1.29, 1.82) is 0 Å². The van der Waals surface area contributed by atoms with Crippen molar-refractivity contribution in [2.24, 2.45) is 0 Å². The Balaban J connectivity index is 1.39. The molecule has 0 aliphatic carbocycles. The molecule has 0 radical (unpaired) electrons. The molecule has 0 saturated heterocycles. The lowest BCUT2D eigenvalue weighted by molar-refractivity contribution is 1.15. The number of nitrogens with zero attached hydrogens (tertiary/aromatic N) is 3. The summed E-state index contributed by atoms with van der Waals surface area (Å²) in [6.07, 6.45) is 0. The standard InChI is InChI=1S/C48H31N3/c1-2-13-32(14-3-1)33-15-12-16-34(29-33)49-46-24-11-7-20-40(46)42-30-35(26-28-47(42)49)51-45-23-10-6-19-39(45)41-27-25-36(31-48(41)51)50-43-21-8-4-17-37(43)38-18-5-9-22-44(38)50/h1-31H/i4D,5D,6D,7D,8D,9D,10D,11D,17D,18D,19D,20D,21D,22D,23D,24D,25D,26D,27D,28D,30D,31D. The van der Waals surface area contributed by atoms with Crippen LogP contribution in [0.1, 0.15) is 30.2 Å². The Labute approximate surface area is 325 Å². The van der Waals surface area contributed by atoms with E-state index in [1.807, 2.05) is 30.3 Å². The number of para-hydroxylation sites is 4. The zero-order chi connectivity index (χ0) is 52.6. The molecule has 8 aromatic carbocycles. The Morgan fingerprint density at radius 1 is 0.314 bits per heavy atom. The molecule has 0 amide bonds. The number of hydrogen-bond acceptors (Lipinski definition) is 0. The average molecular weight is 672 g/mol. The van der Waals surface area contributed by atoms with Crippen molar-refractivity contribution < 1.29 is 30.2 Å². The van der Waals surface area contributed by atoms with Gasteiger partial charge in [0.05, 0.1) is 63.3 Å². The predicted octanol–water partition coefficient (Wildman–Crippen LogP) is 12.6. The van der Waals surface area contributed by atoms with Crippen molar-refractivity contribution in [3.63, 3.8) is 0 Å². The summed E-state index contributed by atoms with van der Waals surface area (Å²) < 4.78 is 204. The molecular weight excluding hydrogens is 619 g/mol. The van der Waals surface area contributed by atoms with Crippen LogP contribution in [0.2, 0.25) is 0 Å². The highest BCUT2D eigenvalue weighted by molar-refractivity contribution is 6.13. The van der Waals surface area contributed by atoms with Gasteiger partial charge in [-0.1, -0.05) is 121 Å². The summed E-state index contributed by atoms with van der Waals surface area (Å²) in [6, 6.07) is -0.875. The fourth-order valence-corrected chi connectivity index (χ4v) is 6.81. The molecule has 238 valence electrons. The Bertz CT molecular complexity index is 4320. The van der Waals surface area contributed by atoms with E-state index in [9.17, 15) is 13.7 Å². The van der Waals surface area contributed by atoms with Crippen LogP contribution in [0.25, 0.3) is 93.6 Å². The van der Waals surface area contributed by atoms with Gasteiger partial charge in [-0.05, 0) is 77.6 Å². The van der Waals surface area contributed by atoms with Crippen molar-refractivity contribution in [3.05, 3.63) is 188 Å². The number of benzene rings is 8. The van der Waals surface area contributed by atoms with E-state index < -0.39 is 188 Å². The van der Waals surface area contributed by atoms with Crippen LogP contribution in [0.5, 0.6) is 0 Å². The van der Waals surface area contributed by atoms with Crippen molar-refractivity contribution in [2.75, 3.05) is 0 Å². The zero-order valence-electron chi connectivity index (χ0n) is 48.0. The number of rotatable bonds is 4. The molecule has 3 heterocycles. The first-order valence-corrected chi connectivity index (χ1v) is 15.7. The van der Waals surface area contributed by atoms with Gasteiger partial charge >= 0.3 is 0 Å². The maximum Gasteiger partial charge on any atom is 0.0667 e. The van der Waals surface area contributed by atoms with Crippen LogP contribution in [0.3, 0.4) is 0 Å². The van der Waals surface area contributed by atoms with Gasteiger partial charge in [-0.25, -0.2) is 0 Å². The molecule has 0 N–H and O–H groups in total. The van der Waals surface area contributed by atoms with Gasteiger partial charge in [0.25, 0.3) is 0 Å². The summed E-state index contributed by atoms with van der Waals surface area (Å²) in [5, 5.41) is -2.34. The molecule has 0 bridgehead atoms. The van der Waals surface area contributed by atoms with Crippen LogP contribution in [-0.2, 0) is 0 Å². The predicted molar refractivity (Wildman–Crippen MR) is 215 cm³/mol. The van der Waals surface area contributed by atoms with Crippen LogP contribution in [0.4, 0.5) is 0 Å². The van der Waals surface area contributed by atoms with E-state index in [0.717, 1.165) is 14.7 Å². The van der Waals surface area contributed by atoms with E-state index in [-0.39, 0.29) is 27.5 Å². The molecule has 0 unspecified atom stereocenters. The largest absolute Gasteiger partial charge is 0.309 e. The van der Waals surface area contributed by atoms with Crippen LogP contribution >= 0.6 is 0 Å². The van der Waals surface area contributed by atoms with Crippen molar-refractivity contribution in [3.8, 4) is 28.2 Å². The van der Waals surface area contributed by atoms with Crippen molar-refractivity contribution >= 4 is 65.4 Å². The topological polar surface area (TPSA) is 14.8 Å². The Hall–Kier alpha value is -6.84.